The summed E-state index contributed by atoms with van der Waals surface area (Å²) in [6.07, 6.45) is 5.73. The summed E-state index contributed by atoms with van der Waals surface area (Å²) < 4.78 is 5.98. The van der Waals surface area contributed by atoms with Crippen molar-refractivity contribution < 1.29 is 23.6 Å². The molecule has 3 aliphatic heterocycles. The number of piperidine rings is 3. The molecular weight excluding hydrogens is 396 g/mol. The molecule has 2 N–H and O–H groups in total. The van der Waals surface area contributed by atoms with Crippen LogP contribution < -0.4 is 10.6 Å². The topological polar surface area (TPSA) is 87.7 Å². The molecule has 0 bridgehead atoms. The van der Waals surface area contributed by atoms with Crippen LogP contribution in [0.25, 0.3) is 0 Å². The van der Waals surface area contributed by atoms with Crippen molar-refractivity contribution in [1.29, 1.82) is 0 Å². The van der Waals surface area contributed by atoms with Crippen molar-refractivity contribution in [1.82, 2.24) is 15.5 Å². The lowest BCUT2D eigenvalue weighted by atomic mass is 9.94. The Hall–Kier alpha value is -1.51. The third-order valence-electron chi connectivity index (χ3n) is 6.90. The van der Waals surface area contributed by atoms with Crippen LogP contribution in [0.3, 0.4) is 0 Å². The quantitative estimate of drug-likeness (QED) is 0.638. The van der Waals surface area contributed by atoms with Crippen molar-refractivity contribution in [2.24, 2.45) is 0 Å². The Bertz CT molecular complexity index is 638. The molecule has 0 aromatic rings. The molecule has 0 radical (unpaired) electrons. The van der Waals surface area contributed by atoms with Gasteiger partial charge in [-0.25, -0.2) is 9.59 Å². The first-order chi connectivity index (χ1) is 14.7. The van der Waals surface area contributed by atoms with Crippen molar-refractivity contribution in [2.75, 3.05) is 45.8 Å². The SMILES string of the molecule is CC(C)(C)OC(=O)NC(CN1CCC(=O)CC1)C(=O)[N+]1(C2CCNCC2)CCCCC1. The van der Waals surface area contributed by atoms with E-state index in [2.05, 4.69) is 15.5 Å². The van der Waals surface area contributed by atoms with Crippen molar-refractivity contribution in [3.05, 3.63) is 0 Å². The number of likely N-dealkylation sites (tertiary alicyclic amines) is 2. The zero-order valence-corrected chi connectivity index (χ0v) is 19.6. The van der Waals surface area contributed by atoms with Crippen molar-refractivity contribution in [2.45, 2.75) is 83.4 Å². The molecule has 0 aromatic heterocycles. The van der Waals surface area contributed by atoms with E-state index in [1.165, 1.54) is 0 Å². The van der Waals surface area contributed by atoms with Gasteiger partial charge in [0.25, 0.3) is 0 Å². The number of carbonyl (C=O) groups excluding carboxylic acids is 3. The van der Waals surface area contributed by atoms with Crippen molar-refractivity contribution in [3.63, 3.8) is 0 Å². The van der Waals surface area contributed by atoms with Crippen LogP contribution in [0.4, 0.5) is 4.79 Å². The van der Waals surface area contributed by atoms with Gasteiger partial charge in [0.05, 0.1) is 19.1 Å². The highest BCUT2D eigenvalue weighted by Gasteiger charge is 2.49. The second-order valence-electron chi connectivity index (χ2n) is 10.4. The van der Waals surface area contributed by atoms with E-state index in [0.29, 0.717) is 43.0 Å². The third-order valence-corrected chi connectivity index (χ3v) is 6.90. The van der Waals surface area contributed by atoms with E-state index in [-0.39, 0.29) is 11.7 Å². The van der Waals surface area contributed by atoms with Crippen LogP contribution in [0.2, 0.25) is 0 Å². The molecule has 3 fully saturated rings. The fourth-order valence-corrected chi connectivity index (χ4v) is 5.33. The number of rotatable bonds is 5. The Morgan fingerprint density at radius 1 is 1.13 bits per heavy atom. The van der Waals surface area contributed by atoms with Gasteiger partial charge in [-0.1, -0.05) is 0 Å². The van der Waals surface area contributed by atoms with E-state index in [0.717, 1.165) is 58.3 Å². The van der Waals surface area contributed by atoms with Gasteiger partial charge in [0.1, 0.15) is 11.4 Å². The molecule has 3 saturated heterocycles. The molecule has 8 heteroatoms. The van der Waals surface area contributed by atoms with Crippen LogP contribution >= 0.6 is 0 Å². The van der Waals surface area contributed by atoms with Crippen LogP contribution in [-0.2, 0) is 14.3 Å². The Kier molecular flexibility index (Phi) is 8.10. The molecule has 176 valence electrons. The molecule has 0 saturated carbocycles. The predicted octanol–water partition coefficient (Wildman–Crippen LogP) is 1.82. The molecule has 3 heterocycles. The largest absolute Gasteiger partial charge is 0.444 e. The molecule has 3 rings (SSSR count). The minimum atomic E-state index is -0.629. The number of hydrogen-bond donors (Lipinski definition) is 2. The fraction of sp³-hybridized carbons (Fsp3) is 0.870. The average molecular weight is 438 g/mol. The van der Waals surface area contributed by atoms with Crippen molar-refractivity contribution >= 4 is 17.8 Å². The van der Waals surface area contributed by atoms with Gasteiger partial charge in [0.2, 0.25) is 0 Å². The molecule has 1 atom stereocenters. The van der Waals surface area contributed by atoms with E-state index in [1.807, 2.05) is 20.8 Å². The highest BCUT2D eigenvalue weighted by atomic mass is 16.6. The molecule has 0 aliphatic carbocycles. The third kappa shape index (κ3) is 6.49. The van der Waals surface area contributed by atoms with Gasteiger partial charge in [0.15, 0.2) is 6.04 Å². The van der Waals surface area contributed by atoms with Gasteiger partial charge >= 0.3 is 12.0 Å². The maximum absolute atomic E-state index is 14.1. The first kappa shape index (κ1) is 24.1. The fourth-order valence-electron chi connectivity index (χ4n) is 5.33. The normalized spacial score (nSPS) is 24.4. The number of Topliss-reactive ketones (excluding diaryl/α,β-unsaturated/α-hetero) is 1. The van der Waals surface area contributed by atoms with E-state index in [4.69, 9.17) is 4.74 Å². The van der Waals surface area contributed by atoms with E-state index >= 15 is 0 Å². The van der Waals surface area contributed by atoms with Gasteiger partial charge < -0.3 is 15.4 Å². The Morgan fingerprint density at radius 3 is 2.32 bits per heavy atom. The highest BCUT2D eigenvalue weighted by Crippen LogP contribution is 2.30. The Morgan fingerprint density at radius 2 is 1.74 bits per heavy atom. The summed E-state index contributed by atoms with van der Waals surface area (Å²) >= 11 is 0. The molecular formula is C23H41N4O4+. The Balaban J connectivity index is 1.81. The minimum Gasteiger partial charge on any atom is -0.444 e. The minimum absolute atomic E-state index is 0.120. The smallest absolute Gasteiger partial charge is 0.408 e. The molecule has 0 aromatic carbocycles. The predicted molar refractivity (Wildman–Crippen MR) is 119 cm³/mol. The second-order valence-corrected chi connectivity index (χ2v) is 10.4. The number of hydrogen-bond acceptors (Lipinski definition) is 6. The number of amides is 2. The summed E-state index contributed by atoms with van der Waals surface area (Å²) in [5.74, 6) is 0.392. The molecule has 31 heavy (non-hydrogen) atoms. The summed E-state index contributed by atoms with van der Waals surface area (Å²) in [7, 11) is 0. The number of ketones is 1. The number of nitrogens with one attached hydrogen (secondary N) is 2. The van der Waals surface area contributed by atoms with Crippen LogP contribution in [0.5, 0.6) is 0 Å². The highest BCUT2D eigenvalue weighted by molar-refractivity contribution is 5.82. The average Bonchev–Trinajstić information content (AvgIpc) is 2.74. The summed E-state index contributed by atoms with van der Waals surface area (Å²) in [6, 6.07) is -0.323. The molecule has 1 unspecified atom stereocenters. The number of carbonyl (C=O) groups is 3. The molecule has 3 aliphatic rings. The summed E-state index contributed by atoms with van der Waals surface area (Å²) in [5.41, 5.74) is -0.623. The Labute approximate surface area is 186 Å². The van der Waals surface area contributed by atoms with E-state index in [9.17, 15) is 14.4 Å². The second kappa shape index (κ2) is 10.4. The lowest BCUT2D eigenvalue weighted by Gasteiger charge is -2.48. The first-order valence-corrected chi connectivity index (χ1v) is 12.0. The standard InChI is InChI=1S/C23H40N4O4/c1-23(2,3)31-22(30)25-20(17-26-13-9-19(28)10-14-26)21(29)27(15-5-4-6-16-27)18-7-11-24-12-8-18/h18,20,24H,4-17H2,1-3H3/p+1. The van der Waals surface area contributed by atoms with Crippen LogP contribution in [0.1, 0.15) is 65.7 Å². The summed E-state index contributed by atoms with van der Waals surface area (Å²) in [6.45, 7) is 10.8. The maximum atomic E-state index is 14.1. The number of ether oxygens (including phenoxy) is 1. The number of quaternary nitrogens is 1. The van der Waals surface area contributed by atoms with E-state index in [1.54, 1.807) is 0 Å². The van der Waals surface area contributed by atoms with Crippen molar-refractivity contribution in [3.8, 4) is 0 Å². The number of alkyl carbamates (subject to hydrolysis) is 1. The van der Waals surface area contributed by atoms with Gasteiger partial charge in [-0.3, -0.25) is 14.2 Å². The molecule has 2 amide bonds. The summed E-state index contributed by atoms with van der Waals surface area (Å²) in [5, 5.41) is 6.34. The molecule has 0 spiro atoms. The summed E-state index contributed by atoms with van der Waals surface area (Å²) in [4.78, 5) is 40.6. The van der Waals surface area contributed by atoms with Gasteiger partial charge in [-0.2, -0.15) is 0 Å². The molecule has 8 nitrogen and oxygen atoms in total. The van der Waals surface area contributed by atoms with Gasteiger partial charge in [0, 0.05) is 58.4 Å². The lowest BCUT2D eigenvalue weighted by molar-refractivity contribution is -0.886. The lowest BCUT2D eigenvalue weighted by Crippen LogP contribution is -2.69. The monoisotopic (exact) mass is 437 g/mol. The van der Waals surface area contributed by atoms with Gasteiger partial charge in [-0.15, -0.1) is 0 Å². The van der Waals surface area contributed by atoms with Crippen LogP contribution in [-0.4, -0.2) is 90.7 Å². The van der Waals surface area contributed by atoms with Gasteiger partial charge in [-0.05, 0) is 40.0 Å². The van der Waals surface area contributed by atoms with Crippen LogP contribution in [0.15, 0.2) is 0 Å². The first-order valence-electron chi connectivity index (χ1n) is 12.0. The van der Waals surface area contributed by atoms with E-state index < -0.39 is 17.7 Å². The zero-order valence-electron chi connectivity index (χ0n) is 19.6. The zero-order chi connectivity index (χ0) is 22.5. The maximum Gasteiger partial charge on any atom is 0.408 e. The van der Waals surface area contributed by atoms with Crippen LogP contribution in [0, 0.1) is 0 Å². The number of nitrogens with zero attached hydrogens (tertiary/aromatic N) is 2.